The molecule has 2 aromatic carbocycles. The normalized spacial score (nSPS) is 14.2. The zero-order chi connectivity index (χ0) is 18.5. The molecule has 1 heterocycles. The molecule has 0 aromatic heterocycles. The van der Waals surface area contributed by atoms with Gasteiger partial charge in [-0.25, -0.2) is 0 Å². The molecule has 1 aliphatic heterocycles. The van der Waals surface area contributed by atoms with Crippen molar-refractivity contribution in [2.24, 2.45) is 0 Å². The van der Waals surface area contributed by atoms with Crippen LogP contribution in [0.1, 0.15) is 18.4 Å². The third-order valence-corrected chi connectivity index (χ3v) is 4.77. The van der Waals surface area contributed by atoms with Crippen LogP contribution in [0.2, 0.25) is 10.0 Å². The number of anilines is 2. The molecule has 1 fully saturated rings. The van der Waals surface area contributed by atoms with Crippen molar-refractivity contribution in [1.29, 1.82) is 5.26 Å². The molecule has 0 bridgehead atoms. The molecular formula is C20H17Cl2N3O. The molecule has 26 heavy (non-hydrogen) atoms. The fourth-order valence-corrected chi connectivity index (χ4v) is 3.31. The summed E-state index contributed by atoms with van der Waals surface area (Å²) in [6, 6.07) is 14.5. The van der Waals surface area contributed by atoms with E-state index in [2.05, 4.69) is 10.2 Å². The van der Waals surface area contributed by atoms with Gasteiger partial charge in [0.05, 0.1) is 10.7 Å². The number of nitrogens with one attached hydrogen (secondary N) is 1. The zero-order valence-corrected chi connectivity index (χ0v) is 15.5. The molecule has 0 saturated carbocycles. The molecule has 0 atom stereocenters. The maximum Gasteiger partial charge on any atom is 0.266 e. The first-order valence-electron chi connectivity index (χ1n) is 8.30. The summed E-state index contributed by atoms with van der Waals surface area (Å²) in [5, 5.41) is 12.8. The number of nitrogens with zero attached hydrogens (tertiary/aromatic N) is 2. The molecule has 0 spiro atoms. The van der Waals surface area contributed by atoms with Gasteiger partial charge in [0, 0.05) is 23.8 Å². The highest BCUT2D eigenvalue weighted by atomic mass is 35.5. The van der Waals surface area contributed by atoms with Gasteiger partial charge in [-0.3, -0.25) is 4.79 Å². The van der Waals surface area contributed by atoms with E-state index in [-0.39, 0.29) is 5.57 Å². The summed E-state index contributed by atoms with van der Waals surface area (Å²) < 4.78 is 0. The van der Waals surface area contributed by atoms with Crippen molar-refractivity contribution in [3.8, 4) is 6.07 Å². The number of carbonyl (C=O) groups is 1. The Hall–Kier alpha value is -2.48. The lowest BCUT2D eigenvalue weighted by Crippen LogP contribution is -2.17. The molecule has 2 aromatic rings. The van der Waals surface area contributed by atoms with E-state index in [1.807, 2.05) is 30.3 Å². The van der Waals surface area contributed by atoms with E-state index in [9.17, 15) is 10.1 Å². The number of hydrogen-bond acceptors (Lipinski definition) is 3. The highest BCUT2D eigenvalue weighted by molar-refractivity contribution is 6.36. The van der Waals surface area contributed by atoms with Crippen LogP contribution in [0.5, 0.6) is 0 Å². The Bertz CT molecular complexity index is 879. The minimum atomic E-state index is -0.514. The Morgan fingerprint density at radius 3 is 2.42 bits per heavy atom. The minimum absolute atomic E-state index is 0.00457. The summed E-state index contributed by atoms with van der Waals surface area (Å²) in [6.07, 6.45) is 3.99. The standard InChI is InChI=1S/C20H17Cl2N3O/c21-16-5-8-19(18(22)12-16)24-20(26)15(13-23)11-14-3-6-17(7-4-14)25-9-1-2-10-25/h3-8,11-12H,1-2,9-10H2,(H,24,26)/b15-11-. The summed E-state index contributed by atoms with van der Waals surface area (Å²) in [5.74, 6) is -0.514. The predicted octanol–water partition coefficient (Wildman–Crippen LogP) is 5.14. The first kappa shape index (κ1) is 18.3. The van der Waals surface area contributed by atoms with E-state index >= 15 is 0 Å². The van der Waals surface area contributed by atoms with Crippen LogP contribution in [0.25, 0.3) is 6.08 Å². The number of rotatable bonds is 4. The second kappa shape index (κ2) is 8.27. The highest BCUT2D eigenvalue weighted by Gasteiger charge is 2.13. The topological polar surface area (TPSA) is 56.1 Å². The van der Waals surface area contributed by atoms with Crippen LogP contribution >= 0.6 is 23.2 Å². The number of amides is 1. The van der Waals surface area contributed by atoms with Gasteiger partial charge in [-0.1, -0.05) is 35.3 Å². The molecule has 132 valence electrons. The first-order chi connectivity index (χ1) is 12.6. The molecule has 1 saturated heterocycles. The number of hydrogen-bond donors (Lipinski definition) is 1. The van der Waals surface area contributed by atoms with E-state index in [4.69, 9.17) is 23.2 Å². The van der Waals surface area contributed by atoms with Crippen molar-refractivity contribution in [3.05, 3.63) is 63.6 Å². The van der Waals surface area contributed by atoms with Crippen LogP contribution in [-0.2, 0) is 4.79 Å². The number of halogens is 2. The second-order valence-electron chi connectivity index (χ2n) is 6.03. The van der Waals surface area contributed by atoms with Gasteiger partial charge in [-0.2, -0.15) is 5.26 Å². The number of nitriles is 1. The van der Waals surface area contributed by atoms with Crippen molar-refractivity contribution < 1.29 is 4.79 Å². The minimum Gasteiger partial charge on any atom is -0.372 e. The number of carbonyl (C=O) groups excluding carboxylic acids is 1. The molecule has 3 rings (SSSR count). The molecule has 1 N–H and O–H groups in total. The summed E-state index contributed by atoms with van der Waals surface area (Å²) in [4.78, 5) is 14.7. The fraction of sp³-hybridized carbons (Fsp3) is 0.200. The molecule has 0 unspecified atom stereocenters. The quantitative estimate of drug-likeness (QED) is 0.585. The van der Waals surface area contributed by atoms with Crippen molar-refractivity contribution in [2.45, 2.75) is 12.8 Å². The van der Waals surface area contributed by atoms with Crippen molar-refractivity contribution >= 4 is 46.6 Å². The van der Waals surface area contributed by atoms with Crippen LogP contribution in [0.4, 0.5) is 11.4 Å². The van der Waals surface area contributed by atoms with Gasteiger partial charge in [0.1, 0.15) is 11.6 Å². The van der Waals surface area contributed by atoms with E-state index < -0.39 is 5.91 Å². The Morgan fingerprint density at radius 1 is 1.12 bits per heavy atom. The highest BCUT2D eigenvalue weighted by Crippen LogP contribution is 2.26. The summed E-state index contributed by atoms with van der Waals surface area (Å²) in [6.45, 7) is 2.14. The van der Waals surface area contributed by atoms with Crippen molar-refractivity contribution in [2.75, 3.05) is 23.3 Å². The van der Waals surface area contributed by atoms with E-state index in [1.54, 1.807) is 18.2 Å². The van der Waals surface area contributed by atoms with Crippen LogP contribution in [0.3, 0.4) is 0 Å². The lowest BCUT2D eigenvalue weighted by molar-refractivity contribution is -0.112. The first-order valence-corrected chi connectivity index (χ1v) is 9.05. The smallest absolute Gasteiger partial charge is 0.266 e. The number of benzene rings is 2. The van der Waals surface area contributed by atoms with Gasteiger partial charge in [0.25, 0.3) is 5.91 Å². The Labute approximate surface area is 162 Å². The van der Waals surface area contributed by atoms with Gasteiger partial charge >= 0.3 is 0 Å². The lowest BCUT2D eigenvalue weighted by Gasteiger charge is -2.17. The van der Waals surface area contributed by atoms with Crippen LogP contribution in [0, 0.1) is 11.3 Å². The van der Waals surface area contributed by atoms with Crippen LogP contribution in [-0.4, -0.2) is 19.0 Å². The van der Waals surface area contributed by atoms with Crippen LogP contribution in [0.15, 0.2) is 48.0 Å². The molecule has 0 aliphatic carbocycles. The molecule has 4 nitrogen and oxygen atoms in total. The SMILES string of the molecule is N#C/C(=C/c1ccc(N2CCCC2)cc1)C(=O)Nc1ccc(Cl)cc1Cl. The molecule has 1 amide bonds. The Morgan fingerprint density at radius 2 is 1.81 bits per heavy atom. The molecule has 6 heteroatoms. The van der Waals surface area contributed by atoms with Gasteiger partial charge < -0.3 is 10.2 Å². The van der Waals surface area contributed by atoms with Gasteiger partial charge in [-0.15, -0.1) is 0 Å². The van der Waals surface area contributed by atoms with Gasteiger partial charge in [0.2, 0.25) is 0 Å². The van der Waals surface area contributed by atoms with E-state index in [0.29, 0.717) is 15.7 Å². The third-order valence-electron chi connectivity index (χ3n) is 4.22. The lowest BCUT2D eigenvalue weighted by atomic mass is 10.1. The monoisotopic (exact) mass is 385 g/mol. The average Bonchev–Trinajstić information content (AvgIpc) is 3.17. The van der Waals surface area contributed by atoms with Gasteiger partial charge in [-0.05, 0) is 54.8 Å². The van der Waals surface area contributed by atoms with Crippen molar-refractivity contribution in [1.82, 2.24) is 0 Å². The van der Waals surface area contributed by atoms with E-state index in [0.717, 1.165) is 24.3 Å². The summed E-state index contributed by atoms with van der Waals surface area (Å²) in [7, 11) is 0. The Balaban J connectivity index is 1.74. The second-order valence-corrected chi connectivity index (χ2v) is 6.88. The van der Waals surface area contributed by atoms with E-state index in [1.165, 1.54) is 18.9 Å². The fourth-order valence-electron chi connectivity index (χ4n) is 2.85. The summed E-state index contributed by atoms with van der Waals surface area (Å²) in [5.41, 5.74) is 2.37. The molecule has 1 aliphatic rings. The van der Waals surface area contributed by atoms with Gasteiger partial charge in [0.15, 0.2) is 0 Å². The predicted molar refractivity (Wildman–Crippen MR) is 107 cm³/mol. The summed E-state index contributed by atoms with van der Waals surface area (Å²) >= 11 is 11.9. The largest absolute Gasteiger partial charge is 0.372 e. The van der Waals surface area contributed by atoms with Crippen LogP contribution < -0.4 is 10.2 Å². The maximum atomic E-state index is 12.4. The Kier molecular flexibility index (Phi) is 5.82. The average molecular weight is 386 g/mol. The maximum absolute atomic E-state index is 12.4. The zero-order valence-electron chi connectivity index (χ0n) is 14.0. The van der Waals surface area contributed by atoms with Crippen molar-refractivity contribution in [3.63, 3.8) is 0 Å². The molecule has 0 radical (unpaired) electrons. The molecular weight excluding hydrogens is 369 g/mol. The third kappa shape index (κ3) is 4.37.